The van der Waals surface area contributed by atoms with Gasteiger partial charge in [0.15, 0.2) is 0 Å². The van der Waals surface area contributed by atoms with Gasteiger partial charge in [-0.25, -0.2) is 0 Å². The van der Waals surface area contributed by atoms with Gasteiger partial charge in [-0.05, 0) is 45.6 Å². The molecule has 1 aliphatic carbocycles. The lowest BCUT2D eigenvalue weighted by molar-refractivity contribution is -0.150. The lowest BCUT2D eigenvalue weighted by Crippen LogP contribution is -2.44. The highest BCUT2D eigenvalue weighted by atomic mass is 16.5. The van der Waals surface area contributed by atoms with E-state index in [1.165, 1.54) is 0 Å². The van der Waals surface area contributed by atoms with Gasteiger partial charge in [0.05, 0.1) is 34.6 Å². The molecule has 2 aromatic rings. The maximum Gasteiger partial charge on any atom is 0.309 e. The Balaban J connectivity index is 1.74. The van der Waals surface area contributed by atoms with Crippen molar-refractivity contribution in [2.45, 2.75) is 51.2 Å². The van der Waals surface area contributed by atoms with Crippen LogP contribution in [0, 0.1) is 17.2 Å². The van der Waals surface area contributed by atoms with Crippen LogP contribution in [0.15, 0.2) is 17.1 Å². The lowest BCUT2D eigenvalue weighted by Gasteiger charge is -2.40. The Morgan fingerprint density at radius 1 is 1.40 bits per heavy atom. The number of esters is 1. The highest BCUT2D eigenvalue weighted by Crippen LogP contribution is 2.35. The van der Waals surface area contributed by atoms with E-state index in [2.05, 4.69) is 27.9 Å². The van der Waals surface area contributed by atoms with Crippen LogP contribution in [-0.2, 0) is 14.3 Å². The first-order chi connectivity index (χ1) is 14.3. The van der Waals surface area contributed by atoms with Crippen molar-refractivity contribution in [3.63, 3.8) is 0 Å². The zero-order valence-electron chi connectivity index (χ0n) is 17.5. The van der Waals surface area contributed by atoms with Gasteiger partial charge in [-0.15, -0.1) is 0 Å². The van der Waals surface area contributed by atoms with Crippen LogP contribution in [0.25, 0.3) is 10.9 Å². The molecule has 8 heteroatoms. The van der Waals surface area contributed by atoms with Crippen LogP contribution in [-0.4, -0.2) is 41.7 Å². The number of aromatic amines is 1. The van der Waals surface area contributed by atoms with Crippen molar-refractivity contribution in [2.75, 3.05) is 25.1 Å². The Morgan fingerprint density at radius 3 is 2.70 bits per heavy atom. The minimum atomic E-state index is -0.508. The van der Waals surface area contributed by atoms with Crippen molar-refractivity contribution >= 4 is 22.6 Å². The predicted octanol–water partition coefficient (Wildman–Crippen LogP) is 2.81. The van der Waals surface area contributed by atoms with Crippen molar-refractivity contribution in [3.8, 4) is 6.07 Å². The average Bonchev–Trinajstić information content (AvgIpc) is 3.58. The van der Waals surface area contributed by atoms with Gasteiger partial charge >= 0.3 is 5.97 Å². The van der Waals surface area contributed by atoms with Crippen LogP contribution in [0.4, 0.5) is 5.69 Å². The van der Waals surface area contributed by atoms with Gasteiger partial charge in [-0.2, -0.15) is 5.26 Å². The molecular formula is C22H26N4O4. The minimum Gasteiger partial charge on any atom is -0.456 e. The maximum atomic E-state index is 12.5. The van der Waals surface area contributed by atoms with Gasteiger partial charge in [0.2, 0.25) is 0 Å². The molecule has 0 amide bonds. The second-order valence-corrected chi connectivity index (χ2v) is 8.44. The molecule has 2 fully saturated rings. The Morgan fingerprint density at radius 2 is 2.10 bits per heavy atom. The molecule has 0 aromatic carbocycles. The SMILES string of the molecule is COC1(C)CCN(c2c(C#N)c(=O)[nH]c3cnc(C(C)OC(=O)C4CC4)cc23)CC1. The van der Waals surface area contributed by atoms with Crippen molar-refractivity contribution in [3.05, 3.63) is 33.9 Å². The number of nitriles is 1. The summed E-state index contributed by atoms with van der Waals surface area (Å²) in [5.74, 6) is -0.188. The largest absolute Gasteiger partial charge is 0.456 e. The Hall–Kier alpha value is -2.92. The van der Waals surface area contributed by atoms with Crippen molar-refractivity contribution < 1.29 is 14.3 Å². The number of ether oxygens (including phenoxy) is 2. The number of rotatable bonds is 5. The number of hydrogen-bond acceptors (Lipinski definition) is 7. The smallest absolute Gasteiger partial charge is 0.309 e. The molecule has 1 aliphatic heterocycles. The zero-order chi connectivity index (χ0) is 21.5. The first kappa shape index (κ1) is 20.4. The van der Waals surface area contributed by atoms with Crippen LogP contribution < -0.4 is 10.5 Å². The lowest BCUT2D eigenvalue weighted by atomic mass is 9.92. The van der Waals surface area contributed by atoms with E-state index in [1.807, 2.05) is 6.07 Å². The fourth-order valence-corrected chi connectivity index (χ4v) is 3.91. The number of carbonyl (C=O) groups is 1. The van der Waals surface area contributed by atoms with Crippen LogP contribution in [0.3, 0.4) is 0 Å². The molecule has 0 radical (unpaired) electrons. The standard InChI is InChI=1S/C22H26N4O4/c1-13(30-21(28)14-4-5-14)17-10-15-18(12-24-17)25-20(27)16(11-23)19(15)26-8-6-22(2,29-3)7-9-26/h10,12-14H,4-9H2,1-3H3,(H,25,27). The summed E-state index contributed by atoms with van der Waals surface area (Å²) in [7, 11) is 1.71. The van der Waals surface area contributed by atoms with Gasteiger partial charge in [-0.3, -0.25) is 14.6 Å². The number of carbonyl (C=O) groups excluding carboxylic acids is 1. The molecule has 1 atom stereocenters. The van der Waals surface area contributed by atoms with E-state index >= 15 is 0 Å². The molecule has 1 unspecified atom stereocenters. The minimum absolute atomic E-state index is 0.00783. The monoisotopic (exact) mass is 410 g/mol. The van der Waals surface area contributed by atoms with Gasteiger partial charge in [-0.1, -0.05) is 0 Å². The maximum absolute atomic E-state index is 12.5. The molecule has 1 saturated heterocycles. The first-order valence-electron chi connectivity index (χ1n) is 10.3. The summed E-state index contributed by atoms with van der Waals surface area (Å²) in [6.45, 7) is 5.20. The van der Waals surface area contributed by atoms with E-state index in [9.17, 15) is 14.9 Å². The molecule has 1 saturated carbocycles. The number of H-pyrrole nitrogens is 1. The number of aromatic nitrogens is 2. The second-order valence-electron chi connectivity index (χ2n) is 8.44. The molecular weight excluding hydrogens is 384 g/mol. The number of pyridine rings is 2. The van der Waals surface area contributed by atoms with Crippen LogP contribution in [0.2, 0.25) is 0 Å². The zero-order valence-corrected chi connectivity index (χ0v) is 17.5. The van der Waals surface area contributed by atoms with Crippen LogP contribution in [0.1, 0.15) is 56.9 Å². The number of nitrogens with zero attached hydrogens (tertiary/aromatic N) is 3. The molecule has 3 heterocycles. The molecule has 1 N–H and O–H groups in total. The number of anilines is 1. The quantitative estimate of drug-likeness (QED) is 0.755. The van der Waals surface area contributed by atoms with Gasteiger partial charge in [0.25, 0.3) is 5.56 Å². The second kappa shape index (κ2) is 7.73. The third-order valence-corrected chi connectivity index (χ3v) is 6.25. The summed E-state index contributed by atoms with van der Waals surface area (Å²) in [5.41, 5.74) is 1.20. The van der Waals surface area contributed by atoms with Gasteiger partial charge in [0, 0.05) is 25.6 Å². The predicted molar refractivity (Wildman–Crippen MR) is 111 cm³/mol. The molecule has 0 spiro atoms. The Labute approximate surface area is 174 Å². The number of hydrogen-bond donors (Lipinski definition) is 1. The topological polar surface area (TPSA) is 108 Å². The average molecular weight is 410 g/mol. The fourth-order valence-electron chi connectivity index (χ4n) is 3.91. The van der Waals surface area contributed by atoms with E-state index in [0.717, 1.165) is 31.1 Å². The fraction of sp³-hybridized carbons (Fsp3) is 0.545. The van der Waals surface area contributed by atoms with Crippen LogP contribution >= 0.6 is 0 Å². The van der Waals surface area contributed by atoms with E-state index in [0.29, 0.717) is 30.0 Å². The van der Waals surface area contributed by atoms with Crippen molar-refractivity contribution in [1.82, 2.24) is 9.97 Å². The number of fused-ring (bicyclic) bond motifs is 1. The molecule has 158 valence electrons. The van der Waals surface area contributed by atoms with Crippen LogP contribution in [0.5, 0.6) is 0 Å². The Kier molecular flexibility index (Phi) is 5.24. The van der Waals surface area contributed by atoms with E-state index in [-0.39, 0.29) is 23.1 Å². The molecule has 30 heavy (non-hydrogen) atoms. The van der Waals surface area contributed by atoms with Crippen molar-refractivity contribution in [1.29, 1.82) is 5.26 Å². The molecule has 8 nitrogen and oxygen atoms in total. The summed E-state index contributed by atoms with van der Waals surface area (Å²) in [4.78, 5) is 33.8. The summed E-state index contributed by atoms with van der Waals surface area (Å²) in [5, 5.41) is 10.4. The third-order valence-electron chi connectivity index (χ3n) is 6.25. The third kappa shape index (κ3) is 3.77. The normalized spacial score (nSPS) is 19.3. The Bertz CT molecular complexity index is 1070. The summed E-state index contributed by atoms with van der Waals surface area (Å²) in [6, 6.07) is 3.89. The van der Waals surface area contributed by atoms with Crippen molar-refractivity contribution in [2.24, 2.45) is 5.92 Å². The van der Waals surface area contributed by atoms with Gasteiger partial charge < -0.3 is 19.4 Å². The summed E-state index contributed by atoms with van der Waals surface area (Å²) < 4.78 is 11.2. The molecule has 2 aromatic heterocycles. The van der Waals surface area contributed by atoms with E-state index in [4.69, 9.17) is 9.47 Å². The molecule has 2 aliphatic rings. The molecule has 4 rings (SSSR count). The summed E-state index contributed by atoms with van der Waals surface area (Å²) >= 11 is 0. The van der Waals surface area contributed by atoms with Gasteiger partial charge in [0.1, 0.15) is 17.7 Å². The van der Waals surface area contributed by atoms with E-state index < -0.39 is 11.7 Å². The highest BCUT2D eigenvalue weighted by Gasteiger charge is 2.34. The number of nitrogens with one attached hydrogen (secondary N) is 1. The summed E-state index contributed by atoms with van der Waals surface area (Å²) in [6.07, 6.45) is 4.39. The van der Waals surface area contributed by atoms with E-state index in [1.54, 1.807) is 20.2 Å². The first-order valence-corrected chi connectivity index (χ1v) is 10.3. The molecule has 0 bridgehead atoms. The number of methoxy groups -OCH3 is 1. The number of piperidine rings is 1. The highest BCUT2D eigenvalue weighted by molar-refractivity contribution is 5.94.